The third-order valence-corrected chi connectivity index (χ3v) is 4.20. The summed E-state index contributed by atoms with van der Waals surface area (Å²) >= 11 is 0. The summed E-state index contributed by atoms with van der Waals surface area (Å²) in [6.07, 6.45) is 2.53. The number of benzene rings is 1. The Labute approximate surface area is 136 Å². The first-order valence-electron chi connectivity index (χ1n) is 8.14. The van der Waals surface area contributed by atoms with Crippen molar-refractivity contribution < 1.29 is 14.7 Å². The molecule has 2 amide bonds. The number of amides is 2. The smallest absolute Gasteiger partial charge is 0.317 e. The number of nitrogens with two attached hydrogens (primary N) is 1. The first kappa shape index (κ1) is 17.3. The predicted molar refractivity (Wildman–Crippen MR) is 88.4 cm³/mol. The van der Waals surface area contributed by atoms with Crippen molar-refractivity contribution in [3.8, 4) is 0 Å². The lowest BCUT2D eigenvalue weighted by Crippen LogP contribution is -2.42. The lowest BCUT2D eigenvalue weighted by molar-refractivity contribution is -0.137. The lowest BCUT2D eigenvalue weighted by atomic mass is 9.91. The zero-order valence-corrected chi connectivity index (χ0v) is 13.3. The SMILES string of the molecule is NCCCCNC(=O)N1CCc2ccccc2C(CC(=O)O)C1. The van der Waals surface area contributed by atoms with Gasteiger partial charge in [0.05, 0.1) is 6.42 Å². The number of aliphatic carboxylic acids is 1. The minimum absolute atomic E-state index is 0.0357. The Hall–Kier alpha value is -2.08. The number of carboxylic acid groups (broad SMARTS) is 1. The van der Waals surface area contributed by atoms with Gasteiger partial charge in [-0.2, -0.15) is 0 Å². The summed E-state index contributed by atoms with van der Waals surface area (Å²) in [5.41, 5.74) is 7.63. The van der Waals surface area contributed by atoms with Gasteiger partial charge in [-0.1, -0.05) is 24.3 Å². The quantitative estimate of drug-likeness (QED) is 0.693. The van der Waals surface area contributed by atoms with E-state index in [1.165, 1.54) is 0 Å². The van der Waals surface area contributed by atoms with Gasteiger partial charge in [-0.3, -0.25) is 4.79 Å². The monoisotopic (exact) mass is 319 g/mol. The van der Waals surface area contributed by atoms with Crippen molar-refractivity contribution in [3.63, 3.8) is 0 Å². The minimum Gasteiger partial charge on any atom is -0.481 e. The highest BCUT2D eigenvalue weighted by atomic mass is 16.4. The van der Waals surface area contributed by atoms with Crippen molar-refractivity contribution in [2.24, 2.45) is 5.73 Å². The molecule has 0 saturated heterocycles. The van der Waals surface area contributed by atoms with Gasteiger partial charge in [0.2, 0.25) is 0 Å². The van der Waals surface area contributed by atoms with Gasteiger partial charge in [0.15, 0.2) is 0 Å². The van der Waals surface area contributed by atoms with Gasteiger partial charge in [-0.15, -0.1) is 0 Å². The molecule has 126 valence electrons. The second-order valence-electron chi connectivity index (χ2n) is 5.92. The molecule has 1 atom stereocenters. The molecule has 1 unspecified atom stereocenters. The van der Waals surface area contributed by atoms with Gasteiger partial charge in [0, 0.05) is 25.6 Å². The van der Waals surface area contributed by atoms with Crippen LogP contribution in [0.25, 0.3) is 0 Å². The van der Waals surface area contributed by atoms with Crippen LogP contribution in [0.15, 0.2) is 24.3 Å². The van der Waals surface area contributed by atoms with Crippen LogP contribution in [-0.4, -0.2) is 48.2 Å². The van der Waals surface area contributed by atoms with Crippen molar-refractivity contribution >= 4 is 12.0 Å². The number of rotatable bonds is 6. The number of unbranched alkanes of at least 4 members (excludes halogenated alkanes) is 1. The Morgan fingerprint density at radius 2 is 2.09 bits per heavy atom. The molecule has 2 rings (SSSR count). The molecule has 1 aliphatic heterocycles. The number of carboxylic acids is 1. The molecule has 4 N–H and O–H groups in total. The van der Waals surface area contributed by atoms with Gasteiger partial charge < -0.3 is 21.1 Å². The van der Waals surface area contributed by atoms with Gasteiger partial charge in [-0.25, -0.2) is 4.79 Å². The second kappa shape index (κ2) is 8.53. The third kappa shape index (κ3) is 4.96. The molecule has 0 aliphatic carbocycles. The van der Waals surface area contributed by atoms with Crippen molar-refractivity contribution in [3.05, 3.63) is 35.4 Å². The lowest BCUT2D eigenvalue weighted by Gasteiger charge is -2.24. The van der Waals surface area contributed by atoms with Gasteiger partial charge >= 0.3 is 12.0 Å². The van der Waals surface area contributed by atoms with Crippen molar-refractivity contribution in [2.75, 3.05) is 26.2 Å². The van der Waals surface area contributed by atoms with E-state index in [-0.39, 0.29) is 18.4 Å². The molecule has 1 aliphatic rings. The molecule has 1 heterocycles. The number of nitrogens with one attached hydrogen (secondary N) is 1. The second-order valence-corrected chi connectivity index (χ2v) is 5.92. The predicted octanol–water partition coefficient (Wildman–Crippen LogP) is 1.55. The first-order chi connectivity index (χ1) is 11.1. The summed E-state index contributed by atoms with van der Waals surface area (Å²) in [7, 11) is 0. The number of hydrogen-bond acceptors (Lipinski definition) is 3. The zero-order chi connectivity index (χ0) is 16.7. The van der Waals surface area contributed by atoms with E-state index in [2.05, 4.69) is 5.32 Å². The average Bonchev–Trinajstić information content (AvgIpc) is 2.71. The summed E-state index contributed by atoms with van der Waals surface area (Å²) in [5, 5.41) is 12.1. The molecular weight excluding hydrogens is 294 g/mol. The molecule has 0 fully saturated rings. The number of carbonyl (C=O) groups excluding carboxylic acids is 1. The molecule has 0 saturated carbocycles. The highest BCUT2D eigenvalue weighted by Crippen LogP contribution is 2.28. The van der Waals surface area contributed by atoms with Crippen LogP contribution in [0, 0.1) is 0 Å². The van der Waals surface area contributed by atoms with Crippen LogP contribution in [-0.2, 0) is 11.2 Å². The third-order valence-electron chi connectivity index (χ3n) is 4.20. The molecule has 23 heavy (non-hydrogen) atoms. The molecule has 0 bridgehead atoms. The van der Waals surface area contributed by atoms with Gasteiger partial charge in [0.1, 0.15) is 0 Å². The maximum Gasteiger partial charge on any atom is 0.317 e. The topological polar surface area (TPSA) is 95.7 Å². The molecule has 1 aromatic carbocycles. The van der Waals surface area contributed by atoms with Crippen molar-refractivity contribution in [1.29, 1.82) is 0 Å². The molecular formula is C17H25N3O3. The van der Waals surface area contributed by atoms with Crippen LogP contribution >= 0.6 is 0 Å². The van der Waals surface area contributed by atoms with Crippen LogP contribution in [0.4, 0.5) is 4.79 Å². The zero-order valence-electron chi connectivity index (χ0n) is 13.3. The van der Waals surface area contributed by atoms with E-state index in [1.54, 1.807) is 4.90 Å². The van der Waals surface area contributed by atoms with Crippen LogP contribution < -0.4 is 11.1 Å². The molecule has 0 radical (unpaired) electrons. The highest BCUT2D eigenvalue weighted by Gasteiger charge is 2.27. The Kier molecular flexibility index (Phi) is 6.40. The Morgan fingerprint density at radius 3 is 2.83 bits per heavy atom. The first-order valence-corrected chi connectivity index (χ1v) is 8.14. The number of carbonyl (C=O) groups is 2. The van der Waals surface area contributed by atoms with Crippen molar-refractivity contribution in [1.82, 2.24) is 10.2 Å². The Balaban J connectivity index is 2.04. The molecule has 1 aromatic rings. The molecule has 0 aromatic heterocycles. The number of urea groups is 1. The fourth-order valence-electron chi connectivity index (χ4n) is 3.02. The largest absolute Gasteiger partial charge is 0.481 e. The van der Waals surface area contributed by atoms with Gasteiger partial charge in [0.25, 0.3) is 0 Å². The maximum atomic E-state index is 12.3. The minimum atomic E-state index is -0.838. The fraction of sp³-hybridized carbons (Fsp3) is 0.529. The number of nitrogens with zero attached hydrogens (tertiary/aromatic N) is 1. The Bertz CT molecular complexity index is 548. The number of fused-ring (bicyclic) bond motifs is 1. The fourth-order valence-corrected chi connectivity index (χ4v) is 3.02. The van der Waals surface area contributed by atoms with E-state index in [0.717, 1.165) is 30.4 Å². The molecule has 6 heteroatoms. The molecule has 0 spiro atoms. The summed E-state index contributed by atoms with van der Waals surface area (Å²) in [4.78, 5) is 25.2. The van der Waals surface area contributed by atoms with E-state index in [4.69, 9.17) is 5.73 Å². The van der Waals surface area contributed by atoms with Crippen molar-refractivity contribution in [2.45, 2.75) is 31.6 Å². The summed E-state index contributed by atoms with van der Waals surface area (Å²) in [6, 6.07) is 7.76. The van der Waals surface area contributed by atoms with E-state index in [1.807, 2.05) is 24.3 Å². The van der Waals surface area contributed by atoms with E-state index >= 15 is 0 Å². The van der Waals surface area contributed by atoms with E-state index in [9.17, 15) is 14.7 Å². The van der Waals surface area contributed by atoms with Gasteiger partial charge in [-0.05, 0) is 36.9 Å². The Morgan fingerprint density at radius 1 is 1.30 bits per heavy atom. The summed E-state index contributed by atoms with van der Waals surface area (Å²) in [5.74, 6) is -1.00. The number of hydrogen-bond donors (Lipinski definition) is 3. The maximum absolute atomic E-state index is 12.3. The highest BCUT2D eigenvalue weighted by molar-refractivity contribution is 5.75. The van der Waals surface area contributed by atoms with E-state index < -0.39 is 5.97 Å². The summed E-state index contributed by atoms with van der Waals surface area (Å²) < 4.78 is 0. The normalized spacial score (nSPS) is 17.3. The van der Waals surface area contributed by atoms with Crippen LogP contribution in [0.3, 0.4) is 0 Å². The summed E-state index contributed by atoms with van der Waals surface area (Å²) in [6.45, 7) is 2.26. The van der Waals surface area contributed by atoms with E-state index in [0.29, 0.717) is 26.2 Å². The van der Waals surface area contributed by atoms with Crippen LogP contribution in [0.2, 0.25) is 0 Å². The standard InChI is InChI=1S/C17H25N3O3/c18-8-3-4-9-19-17(23)20-10-7-13-5-1-2-6-15(13)14(12-20)11-16(21)22/h1-2,5-6,14H,3-4,7-12,18H2,(H,19,23)(H,21,22). The molecule has 6 nitrogen and oxygen atoms in total. The average molecular weight is 319 g/mol. The van der Waals surface area contributed by atoms with Crippen LogP contribution in [0.1, 0.15) is 36.3 Å². The van der Waals surface area contributed by atoms with Crippen LogP contribution in [0.5, 0.6) is 0 Å².